The fraction of sp³-hybridized carbons (Fsp3) is 0.700. The lowest BCUT2D eigenvalue weighted by Crippen LogP contribution is -2.43. The Hall–Kier alpha value is -1.58. The zero-order valence-corrected chi connectivity index (χ0v) is 15.2. The molecule has 2 unspecified atom stereocenters. The van der Waals surface area contributed by atoms with E-state index in [1.165, 1.54) is 25.7 Å². The minimum Gasteiger partial charge on any atom is -0.354 e. The topological polar surface area (TPSA) is 36.4 Å². The first-order valence-electron chi connectivity index (χ1n) is 9.78. The second-order valence-electron chi connectivity index (χ2n) is 7.21. The van der Waals surface area contributed by atoms with Crippen molar-refractivity contribution in [3.63, 3.8) is 0 Å². The molecule has 1 aromatic rings. The van der Waals surface area contributed by atoms with Crippen LogP contribution in [-0.4, -0.2) is 41.0 Å². The number of aromatic nitrogens is 1. The van der Waals surface area contributed by atoms with E-state index in [0.717, 1.165) is 50.2 Å². The Morgan fingerprint density at radius 3 is 2.42 bits per heavy atom. The summed E-state index contributed by atoms with van der Waals surface area (Å²) in [7, 11) is 0. The third-order valence-electron chi connectivity index (χ3n) is 5.75. The molecule has 2 saturated heterocycles. The third kappa shape index (κ3) is 3.57. The lowest BCUT2D eigenvalue weighted by Gasteiger charge is -2.37. The third-order valence-corrected chi connectivity index (χ3v) is 5.75. The average molecular weight is 329 g/mol. The van der Waals surface area contributed by atoms with Gasteiger partial charge in [0, 0.05) is 31.4 Å². The zero-order valence-electron chi connectivity index (χ0n) is 15.2. The molecule has 0 bridgehead atoms. The van der Waals surface area contributed by atoms with Crippen LogP contribution in [0.1, 0.15) is 75.6 Å². The highest BCUT2D eigenvalue weighted by molar-refractivity contribution is 5.94. The van der Waals surface area contributed by atoms with Gasteiger partial charge in [0.1, 0.15) is 5.82 Å². The molecule has 0 aliphatic carbocycles. The number of rotatable bonds is 4. The Morgan fingerprint density at radius 1 is 1.04 bits per heavy atom. The molecule has 0 saturated carbocycles. The fourth-order valence-corrected chi connectivity index (χ4v) is 4.27. The van der Waals surface area contributed by atoms with Gasteiger partial charge in [0.15, 0.2) is 0 Å². The molecule has 2 atom stereocenters. The van der Waals surface area contributed by atoms with Gasteiger partial charge in [0.05, 0.1) is 5.56 Å². The first-order valence-corrected chi connectivity index (χ1v) is 9.78. The van der Waals surface area contributed by atoms with Gasteiger partial charge in [-0.1, -0.05) is 13.8 Å². The van der Waals surface area contributed by atoms with Gasteiger partial charge in [-0.05, 0) is 63.5 Å². The van der Waals surface area contributed by atoms with E-state index in [1.807, 2.05) is 12.1 Å². The molecule has 0 spiro atoms. The Morgan fingerprint density at radius 2 is 1.75 bits per heavy atom. The largest absolute Gasteiger partial charge is 0.354 e. The van der Waals surface area contributed by atoms with Gasteiger partial charge in [-0.15, -0.1) is 0 Å². The van der Waals surface area contributed by atoms with Crippen LogP contribution in [0, 0.1) is 0 Å². The molecule has 132 valence electrons. The van der Waals surface area contributed by atoms with E-state index in [1.54, 1.807) is 6.20 Å². The SMILES string of the molecule is CCC1CCCCN1C(=O)c1ccc(N2CCCCC2CC)nc1. The molecule has 3 heterocycles. The highest BCUT2D eigenvalue weighted by atomic mass is 16.2. The Balaban J connectivity index is 1.72. The number of carbonyl (C=O) groups excluding carboxylic acids is 1. The summed E-state index contributed by atoms with van der Waals surface area (Å²) in [5, 5.41) is 0. The molecule has 1 amide bonds. The summed E-state index contributed by atoms with van der Waals surface area (Å²) in [5.74, 6) is 1.19. The van der Waals surface area contributed by atoms with Crippen molar-refractivity contribution < 1.29 is 4.79 Å². The number of nitrogens with zero attached hydrogens (tertiary/aromatic N) is 3. The summed E-state index contributed by atoms with van der Waals surface area (Å²) in [6.07, 6.45) is 11.3. The second kappa shape index (κ2) is 8.00. The van der Waals surface area contributed by atoms with Crippen molar-refractivity contribution in [1.29, 1.82) is 0 Å². The normalized spacial score (nSPS) is 24.9. The molecule has 0 N–H and O–H groups in total. The van der Waals surface area contributed by atoms with Crippen LogP contribution in [0.4, 0.5) is 5.82 Å². The smallest absolute Gasteiger partial charge is 0.255 e. The maximum Gasteiger partial charge on any atom is 0.255 e. The van der Waals surface area contributed by atoms with Gasteiger partial charge >= 0.3 is 0 Å². The van der Waals surface area contributed by atoms with E-state index in [-0.39, 0.29) is 5.91 Å². The number of amides is 1. The number of likely N-dealkylation sites (tertiary alicyclic amines) is 1. The van der Waals surface area contributed by atoms with Crippen molar-refractivity contribution in [2.24, 2.45) is 0 Å². The number of pyridine rings is 1. The maximum absolute atomic E-state index is 12.8. The zero-order chi connectivity index (χ0) is 16.9. The van der Waals surface area contributed by atoms with E-state index in [0.29, 0.717) is 12.1 Å². The van der Waals surface area contributed by atoms with E-state index < -0.39 is 0 Å². The number of hydrogen-bond donors (Lipinski definition) is 0. The predicted molar refractivity (Wildman–Crippen MR) is 98.5 cm³/mol. The van der Waals surface area contributed by atoms with Crippen molar-refractivity contribution in [2.75, 3.05) is 18.0 Å². The van der Waals surface area contributed by atoms with E-state index in [2.05, 4.69) is 28.6 Å². The molecule has 4 heteroatoms. The van der Waals surface area contributed by atoms with Gasteiger partial charge < -0.3 is 9.80 Å². The molecule has 2 aliphatic heterocycles. The van der Waals surface area contributed by atoms with Gasteiger partial charge in [0.25, 0.3) is 5.91 Å². The van der Waals surface area contributed by atoms with Crippen LogP contribution < -0.4 is 4.90 Å². The summed E-state index contributed by atoms with van der Waals surface area (Å²) in [6.45, 7) is 6.41. The lowest BCUT2D eigenvalue weighted by molar-refractivity contribution is 0.0607. The van der Waals surface area contributed by atoms with Gasteiger partial charge in [-0.25, -0.2) is 4.98 Å². The van der Waals surface area contributed by atoms with Crippen molar-refractivity contribution in [3.8, 4) is 0 Å². The molecule has 24 heavy (non-hydrogen) atoms. The fourth-order valence-electron chi connectivity index (χ4n) is 4.27. The molecule has 4 nitrogen and oxygen atoms in total. The number of anilines is 1. The van der Waals surface area contributed by atoms with Crippen LogP contribution >= 0.6 is 0 Å². The highest BCUT2D eigenvalue weighted by Gasteiger charge is 2.27. The van der Waals surface area contributed by atoms with E-state index >= 15 is 0 Å². The minimum atomic E-state index is 0.159. The highest BCUT2D eigenvalue weighted by Crippen LogP contribution is 2.26. The molecule has 1 aromatic heterocycles. The molecular formula is C20H31N3O. The van der Waals surface area contributed by atoms with Crippen LogP contribution in [0.25, 0.3) is 0 Å². The van der Waals surface area contributed by atoms with Crippen molar-refractivity contribution >= 4 is 11.7 Å². The maximum atomic E-state index is 12.8. The second-order valence-corrected chi connectivity index (χ2v) is 7.21. The Kier molecular flexibility index (Phi) is 5.75. The standard InChI is InChI=1S/C20H31N3O/c1-3-17-9-5-7-13-22(17)19-12-11-16(15-21-19)20(24)23-14-8-6-10-18(23)4-2/h11-12,15,17-18H,3-10,13-14H2,1-2H3. The lowest BCUT2D eigenvalue weighted by atomic mass is 9.99. The van der Waals surface area contributed by atoms with Crippen LogP contribution in [0.15, 0.2) is 18.3 Å². The molecule has 2 aliphatic rings. The molecule has 3 rings (SSSR count). The molecule has 0 radical (unpaired) electrons. The van der Waals surface area contributed by atoms with Gasteiger partial charge in [-0.3, -0.25) is 4.79 Å². The van der Waals surface area contributed by atoms with Gasteiger partial charge in [-0.2, -0.15) is 0 Å². The van der Waals surface area contributed by atoms with E-state index in [9.17, 15) is 4.79 Å². The minimum absolute atomic E-state index is 0.159. The predicted octanol–water partition coefficient (Wildman–Crippen LogP) is 4.26. The van der Waals surface area contributed by atoms with Gasteiger partial charge in [0.2, 0.25) is 0 Å². The molecular weight excluding hydrogens is 298 g/mol. The van der Waals surface area contributed by atoms with Crippen LogP contribution in [0.5, 0.6) is 0 Å². The quantitative estimate of drug-likeness (QED) is 0.828. The first kappa shape index (κ1) is 17.2. The van der Waals surface area contributed by atoms with Crippen molar-refractivity contribution in [2.45, 2.75) is 77.3 Å². The summed E-state index contributed by atoms with van der Waals surface area (Å²) < 4.78 is 0. The summed E-state index contributed by atoms with van der Waals surface area (Å²) in [4.78, 5) is 22.0. The van der Waals surface area contributed by atoms with E-state index in [4.69, 9.17) is 0 Å². The van der Waals surface area contributed by atoms with Crippen molar-refractivity contribution in [1.82, 2.24) is 9.88 Å². The number of carbonyl (C=O) groups is 1. The van der Waals surface area contributed by atoms with Crippen LogP contribution in [0.2, 0.25) is 0 Å². The molecule has 0 aromatic carbocycles. The first-order chi connectivity index (χ1) is 11.7. The Labute approximate surface area is 146 Å². The van der Waals surface area contributed by atoms with Crippen molar-refractivity contribution in [3.05, 3.63) is 23.9 Å². The summed E-state index contributed by atoms with van der Waals surface area (Å²) >= 11 is 0. The number of piperidine rings is 2. The number of hydrogen-bond acceptors (Lipinski definition) is 3. The average Bonchev–Trinajstić information content (AvgIpc) is 2.67. The summed E-state index contributed by atoms with van der Waals surface area (Å²) in [6, 6.07) is 5.02. The van der Waals surface area contributed by atoms with Crippen LogP contribution in [-0.2, 0) is 0 Å². The Bertz CT molecular complexity index is 542. The molecule has 2 fully saturated rings. The monoisotopic (exact) mass is 329 g/mol. The summed E-state index contributed by atoms with van der Waals surface area (Å²) in [5.41, 5.74) is 0.740. The van der Waals surface area contributed by atoms with Crippen LogP contribution in [0.3, 0.4) is 0 Å².